The van der Waals surface area contributed by atoms with Gasteiger partial charge in [0.25, 0.3) is 5.91 Å². The van der Waals surface area contributed by atoms with Gasteiger partial charge in [-0.3, -0.25) is 4.79 Å². The molecule has 13 heteroatoms. The summed E-state index contributed by atoms with van der Waals surface area (Å²) in [5, 5.41) is 0. The topological polar surface area (TPSA) is 82.6 Å². The minimum absolute atomic E-state index is 0.0666. The number of aryl methyl sites for hydroxylation is 2. The third-order valence-electron chi connectivity index (χ3n) is 6.93. The number of hydrogen-bond acceptors (Lipinski definition) is 6. The maximum Gasteiger partial charge on any atom is 0.586 e. The first kappa shape index (κ1) is 28.9. The molecule has 0 atom stereocenters. The molecule has 44 heavy (non-hydrogen) atoms. The molecule has 0 fully saturated rings. The Morgan fingerprint density at radius 2 is 1.59 bits per heavy atom. The van der Waals surface area contributed by atoms with E-state index in [4.69, 9.17) is 4.42 Å². The molecule has 0 saturated heterocycles. The normalized spacial score (nSPS) is 13.8. The average Bonchev–Trinajstić information content (AvgIpc) is 3.64. The molecule has 2 aromatic heterocycles. The summed E-state index contributed by atoms with van der Waals surface area (Å²) in [6, 6.07) is 16.0. The molecule has 0 spiro atoms. The average molecular weight is 611 g/mol. The summed E-state index contributed by atoms with van der Waals surface area (Å²) in [4.78, 5) is 22.3. The molecule has 0 bridgehead atoms. The van der Waals surface area contributed by atoms with Crippen molar-refractivity contribution in [1.82, 2.24) is 19.4 Å². The molecule has 1 aliphatic heterocycles. The van der Waals surface area contributed by atoms with E-state index in [1.807, 2.05) is 0 Å². The maximum atomic E-state index is 13.7. The number of fused-ring (bicyclic) bond motifs is 1. The summed E-state index contributed by atoms with van der Waals surface area (Å²) >= 11 is 0. The number of amides is 1. The quantitative estimate of drug-likeness (QED) is 0.192. The van der Waals surface area contributed by atoms with Gasteiger partial charge >= 0.3 is 12.5 Å². The van der Waals surface area contributed by atoms with E-state index < -0.39 is 18.2 Å². The zero-order valence-electron chi connectivity index (χ0n) is 23.7. The molecule has 3 heterocycles. The number of benzene rings is 3. The van der Waals surface area contributed by atoms with E-state index in [9.17, 15) is 26.7 Å². The molecule has 1 amide bonds. The van der Waals surface area contributed by atoms with Crippen molar-refractivity contribution in [2.24, 2.45) is 0 Å². The van der Waals surface area contributed by atoms with E-state index in [0.29, 0.717) is 33.5 Å². The Labute approximate surface area is 247 Å². The van der Waals surface area contributed by atoms with Gasteiger partial charge in [-0.05, 0) is 60.5 Å². The highest BCUT2D eigenvalue weighted by atomic mass is 19.4. The van der Waals surface area contributed by atoms with Crippen LogP contribution >= 0.6 is 0 Å². The largest absolute Gasteiger partial charge is 0.586 e. The standard InChI is InChI=1S/C31H23F5N4O4/c1-16-37-26(30(32,33)34)15-40(16)23-10-8-19(18-6-5-7-21(12-18)29(41)39(3)4)13-22(23)27-28(42-17(2)38-27)20-9-11-24-25(14-20)44-31(35,36)43-24/h5-15H,1-4H3. The smallest absolute Gasteiger partial charge is 0.440 e. The Morgan fingerprint density at radius 1 is 0.886 bits per heavy atom. The van der Waals surface area contributed by atoms with Gasteiger partial charge in [-0.15, -0.1) is 8.78 Å². The van der Waals surface area contributed by atoms with Crippen molar-refractivity contribution < 1.29 is 40.6 Å². The summed E-state index contributed by atoms with van der Waals surface area (Å²) in [5.41, 5.74) is 1.86. The Balaban J connectivity index is 1.55. The molecular weight excluding hydrogens is 587 g/mol. The fourth-order valence-corrected chi connectivity index (χ4v) is 4.95. The maximum absolute atomic E-state index is 13.7. The zero-order chi connectivity index (χ0) is 31.6. The number of nitrogens with zero attached hydrogens (tertiary/aromatic N) is 4. The molecule has 0 unspecified atom stereocenters. The van der Waals surface area contributed by atoms with Crippen LogP contribution in [-0.2, 0) is 6.18 Å². The molecule has 8 nitrogen and oxygen atoms in total. The number of ether oxygens (including phenoxy) is 2. The van der Waals surface area contributed by atoms with Crippen molar-refractivity contribution >= 4 is 5.91 Å². The van der Waals surface area contributed by atoms with Crippen LogP contribution in [0.25, 0.3) is 39.4 Å². The fraction of sp³-hybridized carbons (Fsp3) is 0.194. The minimum Gasteiger partial charge on any atom is -0.440 e. The van der Waals surface area contributed by atoms with Crippen LogP contribution in [0.2, 0.25) is 0 Å². The number of rotatable bonds is 5. The van der Waals surface area contributed by atoms with Gasteiger partial charge in [-0.2, -0.15) is 13.2 Å². The van der Waals surface area contributed by atoms with Gasteiger partial charge in [0.15, 0.2) is 28.8 Å². The van der Waals surface area contributed by atoms with Gasteiger partial charge in [0.05, 0.1) is 5.69 Å². The second-order valence-corrected chi connectivity index (χ2v) is 10.3. The predicted octanol–water partition coefficient (Wildman–Crippen LogP) is 7.52. The van der Waals surface area contributed by atoms with Crippen LogP contribution in [-0.4, -0.2) is 45.7 Å². The molecule has 6 rings (SSSR count). The third kappa shape index (κ3) is 5.25. The van der Waals surface area contributed by atoms with Gasteiger partial charge < -0.3 is 23.4 Å². The molecule has 226 valence electrons. The van der Waals surface area contributed by atoms with Gasteiger partial charge in [0, 0.05) is 43.9 Å². The molecule has 0 radical (unpaired) electrons. The van der Waals surface area contributed by atoms with Crippen LogP contribution in [0.1, 0.15) is 27.8 Å². The van der Waals surface area contributed by atoms with Gasteiger partial charge in [-0.1, -0.05) is 18.2 Å². The highest BCUT2D eigenvalue weighted by Crippen LogP contribution is 2.45. The van der Waals surface area contributed by atoms with Crippen LogP contribution < -0.4 is 9.47 Å². The second-order valence-electron chi connectivity index (χ2n) is 10.3. The Morgan fingerprint density at radius 3 is 2.30 bits per heavy atom. The van der Waals surface area contributed by atoms with Crippen molar-refractivity contribution in [1.29, 1.82) is 0 Å². The van der Waals surface area contributed by atoms with Crippen molar-refractivity contribution in [3.63, 3.8) is 0 Å². The van der Waals surface area contributed by atoms with E-state index >= 15 is 0 Å². The van der Waals surface area contributed by atoms with E-state index in [2.05, 4.69) is 19.4 Å². The molecule has 5 aromatic rings. The van der Waals surface area contributed by atoms with Crippen LogP contribution in [0.3, 0.4) is 0 Å². The lowest BCUT2D eigenvalue weighted by molar-refractivity contribution is -0.286. The molecule has 3 aromatic carbocycles. The van der Waals surface area contributed by atoms with Crippen molar-refractivity contribution in [3.05, 3.63) is 89.8 Å². The number of carbonyl (C=O) groups is 1. The second kappa shape index (κ2) is 10.2. The number of carbonyl (C=O) groups excluding carboxylic acids is 1. The Kier molecular flexibility index (Phi) is 6.71. The predicted molar refractivity (Wildman–Crippen MR) is 149 cm³/mol. The number of aromatic nitrogens is 3. The molecule has 0 saturated carbocycles. The van der Waals surface area contributed by atoms with Gasteiger partial charge in [0.2, 0.25) is 0 Å². The molecule has 1 aliphatic rings. The summed E-state index contributed by atoms with van der Waals surface area (Å²) in [5.74, 6) is -0.152. The van der Waals surface area contributed by atoms with Crippen molar-refractivity contribution in [2.75, 3.05) is 14.1 Å². The van der Waals surface area contributed by atoms with Crippen LogP contribution in [0, 0.1) is 13.8 Å². The summed E-state index contributed by atoms with van der Waals surface area (Å²) in [7, 11) is 3.27. The molecule has 0 aliphatic carbocycles. The Hall–Kier alpha value is -5.20. The van der Waals surface area contributed by atoms with Crippen molar-refractivity contribution in [2.45, 2.75) is 26.3 Å². The van der Waals surface area contributed by atoms with Gasteiger partial charge in [-0.25, -0.2) is 9.97 Å². The lowest BCUT2D eigenvalue weighted by atomic mass is 9.96. The zero-order valence-corrected chi connectivity index (χ0v) is 23.7. The monoisotopic (exact) mass is 610 g/mol. The van der Waals surface area contributed by atoms with Gasteiger partial charge in [0.1, 0.15) is 11.5 Å². The first-order valence-electron chi connectivity index (χ1n) is 13.2. The summed E-state index contributed by atoms with van der Waals surface area (Å²) in [6.07, 6.45) is -7.63. The molecule has 0 N–H and O–H groups in total. The summed E-state index contributed by atoms with van der Waals surface area (Å²) in [6.45, 7) is 3.02. The highest BCUT2D eigenvalue weighted by molar-refractivity contribution is 5.95. The number of hydrogen-bond donors (Lipinski definition) is 0. The number of imidazole rings is 1. The number of oxazole rings is 1. The lowest BCUT2D eigenvalue weighted by Gasteiger charge is -2.15. The van der Waals surface area contributed by atoms with Crippen LogP contribution in [0.4, 0.5) is 22.0 Å². The summed E-state index contributed by atoms with van der Waals surface area (Å²) < 4.78 is 84.6. The first-order valence-corrected chi connectivity index (χ1v) is 13.2. The minimum atomic E-state index is -4.68. The van der Waals surface area contributed by atoms with E-state index in [0.717, 1.165) is 6.20 Å². The number of alkyl halides is 5. The van der Waals surface area contributed by atoms with Crippen LogP contribution in [0.15, 0.2) is 71.3 Å². The lowest BCUT2D eigenvalue weighted by Crippen LogP contribution is -2.25. The van der Waals surface area contributed by atoms with E-state index in [1.165, 1.54) is 34.6 Å². The van der Waals surface area contributed by atoms with Crippen molar-refractivity contribution in [3.8, 4) is 50.9 Å². The Bertz CT molecular complexity index is 1930. The molecular formula is C31H23F5N4O4. The van der Waals surface area contributed by atoms with E-state index in [1.54, 1.807) is 63.5 Å². The number of halogens is 5. The van der Waals surface area contributed by atoms with Crippen LogP contribution in [0.5, 0.6) is 11.5 Å². The fourth-order valence-electron chi connectivity index (χ4n) is 4.95. The SMILES string of the molecule is Cc1nc(-c2cc(-c3cccc(C(=O)N(C)C)c3)ccc2-n2cc(C(F)(F)F)nc2C)c(-c2ccc3c(c2)OC(F)(F)O3)o1. The highest BCUT2D eigenvalue weighted by Gasteiger charge is 2.43. The van der Waals surface area contributed by atoms with E-state index in [-0.39, 0.29) is 40.6 Å². The first-order chi connectivity index (χ1) is 20.7. The third-order valence-corrected chi connectivity index (χ3v) is 6.93.